The van der Waals surface area contributed by atoms with Gasteiger partial charge in [0.2, 0.25) is 0 Å². The van der Waals surface area contributed by atoms with Crippen molar-refractivity contribution in [1.29, 1.82) is 0 Å². The number of phenolic OH excluding ortho intramolecular Hbond substituents is 8. The summed E-state index contributed by atoms with van der Waals surface area (Å²) in [5.41, 5.74) is 41.0. The molecule has 0 spiro atoms. The average Bonchev–Trinajstić information content (AvgIpc) is 0.795. The minimum absolute atomic E-state index is 0.0767. The first-order valence-corrected chi connectivity index (χ1v) is 37.3. The van der Waals surface area contributed by atoms with Gasteiger partial charge in [-0.25, -0.2) is 0 Å². The summed E-state index contributed by atoms with van der Waals surface area (Å²) < 4.78 is 2.73. The molecular formula is C82H70Br4Cl6N4O8. The van der Waals surface area contributed by atoms with Crippen LogP contribution in [-0.2, 0) is 0 Å². The third-order valence-electron chi connectivity index (χ3n) is 17.5. The average molecular weight is 1770 g/mol. The molecule has 0 radical (unpaired) electrons. The Hall–Kier alpha value is -8.10. The Morgan fingerprint density at radius 2 is 0.548 bits per heavy atom. The van der Waals surface area contributed by atoms with Gasteiger partial charge in [0.15, 0.2) is 11.5 Å². The van der Waals surface area contributed by atoms with E-state index in [0.717, 1.165) is 70.3 Å². The van der Waals surface area contributed by atoms with Crippen molar-refractivity contribution in [2.75, 3.05) is 22.9 Å². The summed E-state index contributed by atoms with van der Waals surface area (Å²) >= 11 is 50.7. The first-order valence-electron chi connectivity index (χ1n) is 31.8. The van der Waals surface area contributed by atoms with Crippen LogP contribution in [0.25, 0.3) is 0 Å². The smallest absolute Gasteiger partial charge is 0.152 e. The van der Waals surface area contributed by atoms with Gasteiger partial charge in [-0.05, 0) is 260 Å². The van der Waals surface area contributed by atoms with Gasteiger partial charge in [-0.2, -0.15) is 0 Å². The van der Waals surface area contributed by atoms with Crippen LogP contribution in [0.5, 0.6) is 46.0 Å². The maximum atomic E-state index is 10.7. The Morgan fingerprint density at radius 1 is 0.260 bits per heavy atom. The highest BCUT2D eigenvalue weighted by Gasteiger charge is 2.30. The monoisotopic (exact) mass is 1760 g/mol. The number of halogens is 10. The number of rotatable bonds is 12. The number of nitrogens with two attached hydrogens (primary N) is 4. The fourth-order valence-electron chi connectivity index (χ4n) is 12.6. The molecule has 22 heteroatoms. The Labute approximate surface area is 667 Å². The Bertz CT molecular complexity index is 4600. The van der Waals surface area contributed by atoms with Gasteiger partial charge in [-0.15, -0.1) is 0 Å². The van der Waals surface area contributed by atoms with Crippen molar-refractivity contribution in [2.45, 2.75) is 65.2 Å². The number of nitrogen functional groups attached to an aromatic ring is 4. The zero-order chi connectivity index (χ0) is 76.0. The molecule has 0 aliphatic rings. The normalized spacial score (nSPS) is 11.1. The fourth-order valence-corrected chi connectivity index (χ4v) is 16.7. The number of aromatic hydroxyl groups is 8. The van der Waals surface area contributed by atoms with E-state index in [9.17, 15) is 40.9 Å². The molecule has 16 N–H and O–H groups in total. The van der Waals surface area contributed by atoms with Gasteiger partial charge in [0, 0.05) is 87.7 Å². The summed E-state index contributed by atoms with van der Waals surface area (Å²) in [4.78, 5) is 0. The highest BCUT2D eigenvalue weighted by molar-refractivity contribution is 9.11. The molecule has 0 saturated carbocycles. The molecule has 0 fully saturated rings. The number of para-hydroxylation sites is 2. The SMILES string of the molecule is Cc1cc(C(c2cc(C)c(O)c(C)c2)c2ccccc2N)cc(C)c1O.Cc1cc(Cl)cc(C(c2cccc(N)c2)c2cc(Cl)cc(C)c2O)c1O.Nc1cccc(C(c2cc(Br)cc(Br)c2O)c2cc(Br)cc(Br)c2O)c1.Nc1ccccc1C(c1cc(Cl)c(O)c(Cl)c1)c1cc(Cl)c(O)c(Cl)c1. The molecular weight excluding hydrogens is 1700 g/mol. The van der Waals surface area contributed by atoms with Crippen LogP contribution >= 0.6 is 133 Å². The summed E-state index contributed by atoms with van der Waals surface area (Å²) in [6, 6.07) is 58.4. The van der Waals surface area contributed by atoms with Gasteiger partial charge in [0.05, 0.1) is 29.0 Å². The number of benzene rings is 12. The lowest BCUT2D eigenvalue weighted by Gasteiger charge is -2.23. The van der Waals surface area contributed by atoms with Crippen LogP contribution in [-0.4, -0.2) is 40.9 Å². The van der Waals surface area contributed by atoms with E-state index < -0.39 is 17.8 Å². The molecule has 0 aliphatic heterocycles. The van der Waals surface area contributed by atoms with Crippen molar-refractivity contribution >= 4 is 156 Å². The zero-order valence-corrected chi connectivity index (χ0v) is 67.3. The van der Waals surface area contributed by atoms with Crippen molar-refractivity contribution in [3.63, 3.8) is 0 Å². The second-order valence-electron chi connectivity index (χ2n) is 25.0. The van der Waals surface area contributed by atoms with Gasteiger partial charge < -0.3 is 63.8 Å². The van der Waals surface area contributed by atoms with Gasteiger partial charge in [0.1, 0.15) is 34.5 Å². The molecule has 0 atom stereocenters. The number of anilines is 4. The molecule has 0 amide bonds. The van der Waals surface area contributed by atoms with Crippen molar-refractivity contribution in [1.82, 2.24) is 0 Å². The molecule has 12 rings (SSSR count). The lowest BCUT2D eigenvalue weighted by molar-refractivity contribution is 0.453. The zero-order valence-electron chi connectivity index (χ0n) is 56.5. The maximum Gasteiger partial charge on any atom is 0.152 e. The number of hydrogen-bond acceptors (Lipinski definition) is 12. The van der Waals surface area contributed by atoms with Gasteiger partial charge in [0.25, 0.3) is 0 Å². The Morgan fingerprint density at radius 3 is 0.856 bits per heavy atom. The van der Waals surface area contributed by atoms with Crippen LogP contribution in [0.15, 0.2) is 212 Å². The van der Waals surface area contributed by atoms with Crippen molar-refractivity contribution in [3.8, 4) is 46.0 Å². The number of aryl methyl sites for hydroxylation is 6. The second kappa shape index (κ2) is 34.4. The van der Waals surface area contributed by atoms with E-state index in [-0.39, 0.29) is 60.5 Å². The Balaban J connectivity index is 0.000000161. The molecule has 536 valence electrons. The number of phenols is 8. The van der Waals surface area contributed by atoms with E-state index in [2.05, 4.69) is 63.7 Å². The standard InChI is InChI=1S/C23H25NO2.C21H19Cl2NO2.C19H13Br4NO2.C19H13Cl4NO2/c1-13-9-17(10-14(2)22(13)25)21(19-7-5-6-8-20(19)24)18-11-15(3)23(26)16(4)12-18;1-11-6-14(22)9-17(20(11)25)19(13-4-3-5-16(24)8-13)18-10-15(23)7-12(2)21(18)26;20-10-5-13(18(25)15(22)7-10)17(9-2-1-3-12(24)4-9)14-6-11(21)8-16(23)19(14)26;20-12-5-9(6-13(21)18(12)25)17(11-3-1-2-4-16(11)24)10-7-14(22)19(26)15(23)8-10/h5-12,21,25-26H,24H2,1-4H3;3-10,19,25-26H,24H2,1-2H3;2*1-8,17,25-26H,24H2. The summed E-state index contributed by atoms with van der Waals surface area (Å²) in [5, 5.41) is 84.4. The third-order valence-corrected chi connectivity index (χ3v) is 21.2. The largest absolute Gasteiger partial charge is 0.507 e. The highest BCUT2D eigenvalue weighted by Crippen LogP contribution is 2.50. The van der Waals surface area contributed by atoms with E-state index in [1.54, 1.807) is 92.7 Å². The van der Waals surface area contributed by atoms with E-state index in [1.165, 1.54) is 0 Å². The van der Waals surface area contributed by atoms with Gasteiger partial charge in [-0.1, -0.05) is 186 Å². The predicted octanol–water partition coefficient (Wildman–Crippen LogP) is 24.3. The van der Waals surface area contributed by atoms with Gasteiger partial charge >= 0.3 is 0 Å². The molecule has 12 aromatic carbocycles. The predicted molar refractivity (Wildman–Crippen MR) is 441 cm³/mol. The molecule has 0 unspecified atom stereocenters. The maximum absolute atomic E-state index is 10.7. The quantitative estimate of drug-likeness (QED) is 0.0402. The van der Waals surface area contributed by atoms with Crippen LogP contribution in [0.3, 0.4) is 0 Å². The first-order chi connectivity index (χ1) is 49.1. The van der Waals surface area contributed by atoms with Crippen LogP contribution in [0.1, 0.15) is 124 Å². The van der Waals surface area contributed by atoms with Crippen molar-refractivity contribution in [2.24, 2.45) is 0 Å². The van der Waals surface area contributed by atoms with Crippen LogP contribution in [0.4, 0.5) is 22.7 Å². The molecule has 12 nitrogen and oxygen atoms in total. The van der Waals surface area contributed by atoms with Crippen LogP contribution < -0.4 is 22.9 Å². The fraction of sp³-hybridized carbons (Fsp3) is 0.122. The summed E-state index contributed by atoms with van der Waals surface area (Å²) in [7, 11) is 0. The number of hydrogen-bond donors (Lipinski definition) is 12. The summed E-state index contributed by atoms with van der Waals surface area (Å²) in [5.74, 6) is -0.676. The van der Waals surface area contributed by atoms with E-state index >= 15 is 0 Å². The molecule has 0 aromatic heterocycles. The van der Waals surface area contributed by atoms with Crippen LogP contribution in [0.2, 0.25) is 30.1 Å². The minimum atomic E-state index is -0.478. The Kier molecular flexibility index (Phi) is 26.5. The van der Waals surface area contributed by atoms with E-state index in [1.807, 2.05) is 143 Å². The lowest BCUT2D eigenvalue weighted by Crippen LogP contribution is -2.08. The summed E-state index contributed by atoms with van der Waals surface area (Å²) in [6.07, 6.45) is 0. The van der Waals surface area contributed by atoms with E-state index in [4.69, 9.17) is 92.5 Å². The van der Waals surface area contributed by atoms with Crippen LogP contribution in [0, 0.1) is 41.5 Å². The van der Waals surface area contributed by atoms with Gasteiger partial charge in [-0.3, -0.25) is 0 Å². The molecule has 0 saturated heterocycles. The highest BCUT2D eigenvalue weighted by atomic mass is 79.9. The topological polar surface area (TPSA) is 266 Å². The second-order valence-corrected chi connectivity index (χ2v) is 31.0. The molecule has 104 heavy (non-hydrogen) atoms. The molecule has 0 heterocycles. The third kappa shape index (κ3) is 18.4. The van der Waals surface area contributed by atoms with Crippen molar-refractivity contribution in [3.05, 3.63) is 342 Å². The lowest BCUT2D eigenvalue weighted by atomic mass is 9.82. The van der Waals surface area contributed by atoms with Crippen molar-refractivity contribution < 1.29 is 40.9 Å². The molecule has 12 aromatic rings. The molecule has 0 bridgehead atoms. The summed E-state index contributed by atoms with van der Waals surface area (Å²) in [6.45, 7) is 11.2. The minimum Gasteiger partial charge on any atom is -0.507 e. The first kappa shape index (κ1) is 80.0. The van der Waals surface area contributed by atoms with E-state index in [0.29, 0.717) is 92.1 Å². The molecule has 0 aliphatic carbocycles.